The summed E-state index contributed by atoms with van der Waals surface area (Å²) in [4.78, 5) is 13.3. The molecule has 0 aliphatic carbocycles. The summed E-state index contributed by atoms with van der Waals surface area (Å²) in [5, 5.41) is 0. The van der Waals surface area contributed by atoms with Crippen LogP contribution in [0.15, 0.2) is 54.6 Å². The van der Waals surface area contributed by atoms with E-state index in [0.717, 1.165) is 11.1 Å². The van der Waals surface area contributed by atoms with E-state index in [1.54, 1.807) is 21.0 Å². The molecule has 1 amide bonds. The minimum absolute atomic E-state index is 0.0443. The lowest BCUT2D eigenvalue weighted by Crippen LogP contribution is -2.35. The van der Waals surface area contributed by atoms with Crippen LogP contribution >= 0.6 is 0 Å². The molecule has 0 radical (unpaired) electrons. The first-order valence-electron chi connectivity index (χ1n) is 6.61. The zero-order valence-electron chi connectivity index (χ0n) is 12.0. The van der Waals surface area contributed by atoms with Crippen LogP contribution in [0.3, 0.4) is 0 Å². The van der Waals surface area contributed by atoms with Gasteiger partial charge in [-0.2, -0.15) is 0 Å². The third-order valence-electron chi connectivity index (χ3n) is 3.06. The van der Waals surface area contributed by atoms with Gasteiger partial charge in [-0.15, -0.1) is 0 Å². The predicted molar refractivity (Wildman–Crippen MR) is 80.7 cm³/mol. The van der Waals surface area contributed by atoms with E-state index in [2.05, 4.69) is 12.1 Å². The molecule has 2 rings (SSSR count). The predicted octanol–water partition coefficient (Wildman–Crippen LogP) is 3.21. The Bertz CT molecular complexity index is 561. The number of hydrogen-bond donors (Lipinski definition) is 0. The molecule has 0 saturated carbocycles. The van der Waals surface area contributed by atoms with E-state index in [-0.39, 0.29) is 5.91 Å². The lowest BCUT2D eigenvalue weighted by atomic mass is 10.1. The second-order valence-corrected chi connectivity index (χ2v) is 4.88. The Labute approximate surface area is 119 Å². The van der Waals surface area contributed by atoms with Crippen LogP contribution in [0.1, 0.15) is 6.92 Å². The normalized spacial score (nSPS) is 11.8. The van der Waals surface area contributed by atoms with Crippen LogP contribution in [-0.2, 0) is 4.79 Å². The van der Waals surface area contributed by atoms with Crippen LogP contribution < -0.4 is 4.74 Å². The van der Waals surface area contributed by atoms with E-state index in [1.165, 1.54) is 4.90 Å². The lowest BCUT2D eigenvalue weighted by Gasteiger charge is -2.18. The highest BCUT2D eigenvalue weighted by atomic mass is 16.5. The Balaban J connectivity index is 2.07. The number of rotatable bonds is 4. The van der Waals surface area contributed by atoms with Crippen molar-refractivity contribution in [3.05, 3.63) is 54.6 Å². The topological polar surface area (TPSA) is 29.5 Å². The minimum Gasteiger partial charge on any atom is -0.481 e. The van der Waals surface area contributed by atoms with Crippen LogP contribution in [0.4, 0.5) is 0 Å². The maximum Gasteiger partial charge on any atom is 0.262 e. The van der Waals surface area contributed by atoms with Crippen molar-refractivity contribution in [2.75, 3.05) is 14.1 Å². The van der Waals surface area contributed by atoms with Crippen molar-refractivity contribution < 1.29 is 9.53 Å². The largest absolute Gasteiger partial charge is 0.481 e. The van der Waals surface area contributed by atoms with Crippen molar-refractivity contribution in [2.45, 2.75) is 13.0 Å². The van der Waals surface area contributed by atoms with E-state index < -0.39 is 6.10 Å². The van der Waals surface area contributed by atoms with Crippen molar-refractivity contribution in [3.63, 3.8) is 0 Å². The average Bonchev–Trinajstić information content (AvgIpc) is 2.48. The molecule has 20 heavy (non-hydrogen) atoms. The van der Waals surface area contributed by atoms with E-state index in [4.69, 9.17) is 4.74 Å². The van der Waals surface area contributed by atoms with Crippen molar-refractivity contribution in [1.29, 1.82) is 0 Å². The summed E-state index contributed by atoms with van der Waals surface area (Å²) in [5.41, 5.74) is 2.29. The maximum absolute atomic E-state index is 11.7. The molecule has 0 fully saturated rings. The van der Waals surface area contributed by atoms with Crippen LogP contribution in [0.2, 0.25) is 0 Å². The third kappa shape index (κ3) is 3.38. The minimum atomic E-state index is -0.479. The number of hydrogen-bond acceptors (Lipinski definition) is 2. The van der Waals surface area contributed by atoms with Crippen LogP contribution in [0.25, 0.3) is 11.1 Å². The summed E-state index contributed by atoms with van der Waals surface area (Å²) in [6, 6.07) is 17.9. The van der Waals surface area contributed by atoms with Gasteiger partial charge in [0.15, 0.2) is 6.10 Å². The molecule has 0 aliphatic heterocycles. The first kappa shape index (κ1) is 14.1. The monoisotopic (exact) mass is 269 g/mol. The highest BCUT2D eigenvalue weighted by Crippen LogP contribution is 2.22. The molecule has 1 atom stereocenters. The molecule has 3 nitrogen and oxygen atoms in total. The summed E-state index contributed by atoms with van der Waals surface area (Å²) < 4.78 is 5.64. The Hall–Kier alpha value is -2.29. The Kier molecular flexibility index (Phi) is 4.41. The number of carbonyl (C=O) groups is 1. The van der Waals surface area contributed by atoms with Crippen LogP contribution in [-0.4, -0.2) is 31.0 Å². The number of nitrogens with zero attached hydrogens (tertiary/aromatic N) is 1. The van der Waals surface area contributed by atoms with Gasteiger partial charge in [-0.1, -0.05) is 42.5 Å². The number of ether oxygens (including phenoxy) is 1. The second-order valence-electron chi connectivity index (χ2n) is 4.88. The van der Waals surface area contributed by atoms with E-state index in [1.807, 2.05) is 42.5 Å². The molecule has 0 bridgehead atoms. The summed E-state index contributed by atoms with van der Waals surface area (Å²) in [6.45, 7) is 1.76. The van der Waals surface area contributed by atoms with Gasteiger partial charge in [0.1, 0.15) is 5.75 Å². The standard InChI is InChI=1S/C17H19NO2/c1-13(17(19)18(2)3)20-16-11-9-15(10-12-16)14-7-5-4-6-8-14/h4-13H,1-3H3/t13-/m1/s1. The van der Waals surface area contributed by atoms with Gasteiger partial charge < -0.3 is 9.64 Å². The maximum atomic E-state index is 11.7. The molecule has 2 aromatic rings. The van der Waals surface area contributed by atoms with Crippen molar-refractivity contribution >= 4 is 5.91 Å². The number of amides is 1. The molecule has 0 unspecified atom stereocenters. The molecular weight excluding hydrogens is 250 g/mol. The summed E-state index contributed by atoms with van der Waals surface area (Å²) in [5.74, 6) is 0.657. The number of likely N-dealkylation sites (N-methyl/N-ethyl adjacent to an activating group) is 1. The molecule has 0 aliphatic rings. The van der Waals surface area contributed by atoms with Crippen molar-refractivity contribution in [3.8, 4) is 16.9 Å². The Morgan fingerprint density at radius 3 is 2.05 bits per heavy atom. The smallest absolute Gasteiger partial charge is 0.262 e. The molecule has 2 aromatic carbocycles. The van der Waals surface area contributed by atoms with Gasteiger partial charge in [-0.25, -0.2) is 0 Å². The summed E-state index contributed by atoms with van der Waals surface area (Å²) in [6.07, 6.45) is -0.479. The summed E-state index contributed by atoms with van der Waals surface area (Å²) in [7, 11) is 3.45. The van der Waals surface area contributed by atoms with Crippen LogP contribution in [0.5, 0.6) is 5.75 Å². The molecular formula is C17H19NO2. The Morgan fingerprint density at radius 1 is 0.950 bits per heavy atom. The summed E-state index contributed by atoms with van der Waals surface area (Å²) >= 11 is 0. The fraction of sp³-hybridized carbons (Fsp3) is 0.235. The highest BCUT2D eigenvalue weighted by molar-refractivity contribution is 5.80. The van der Waals surface area contributed by atoms with Gasteiger partial charge >= 0.3 is 0 Å². The van der Waals surface area contributed by atoms with E-state index >= 15 is 0 Å². The van der Waals surface area contributed by atoms with Gasteiger partial charge in [-0.05, 0) is 30.2 Å². The molecule has 3 heteroatoms. The van der Waals surface area contributed by atoms with Crippen molar-refractivity contribution in [2.24, 2.45) is 0 Å². The highest BCUT2D eigenvalue weighted by Gasteiger charge is 2.16. The average molecular weight is 269 g/mol. The molecule has 104 valence electrons. The quantitative estimate of drug-likeness (QED) is 0.853. The van der Waals surface area contributed by atoms with Gasteiger partial charge in [0.05, 0.1) is 0 Å². The van der Waals surface area contributed by atoms with Gasteiger partial charge in [0, 0.05) is 14.1 Å². The second kappa shape index (κ2) is 6.24. The lowest BCUT2D eigenvalue weighted by molar-refractivity contribution is -0.135. The number of carbonyl (C=O) groups excluding carboxylic acids is 1. The molecule has 0 spiro atoms. The van der Waals surface area contributed by atoms with Crippen LogP contribution in [0, 0.1) is 0 Å². The first-order valence-corrected chi connectivity index (χ1v) is 6.61. The third-order valence-corrected chi connectivity index (χ3v) is 3.06. The van der Waals surface area contributed by atoms with Crippen molar-refractivity contribution in [1.82, 2.24) is 4.90 Å². The first-order chi connectivity index (χ1) is 9.58. The zero-order chi connectivity index (χ0) is 14.5. The fourth-order valence-corrected chi connectivity index (χ4v) is 1.97. The fourth-order valence-electron chi connectivity index (χ4n) is 1.97. The van der Waals surface area contributed by atoms with E-state index in [9.17, 15) is 4.79 Å². The van der Waals surface area contributed by atoms with Gasteiger partial charge in [0.2, 0.25) is 0 Å². The molecule has 0 saturated heterocycles. The Morgan fingerprint density at radius 2 is 1.50 bits per heavy atom. The SMILES string of the molecule is C[C@@H](Oc1ccc(-c2ccccc2)cc1)C(=O)N(C)C. The van der Waals surface area contributed by atoms with Gasteiger partial charge in [0.25, 0.3) is 5.91 Å². The molecule has 0 aromatic heterocycles. The zero-order valence-corrected chi connectivity index (χ0v) is 12.0. The number of benzene rings is 2. The van der Waals surface area contributed by atoms with Gasteiger partial charge in [-0.3, -0.25) is 4.79 Å². The molecule has 0 N–H and O–H groups in total. The molecule has 0 heterocycles. The van der Waals surface area contributed by atoms with E-state index in [0.29, 0.717) is 5.75 Å².